The Bertz CT molecular complexity index is 1240. The van der Waals surface area contributed by atoms with Crippen LogP contribution < -0.4 is 14.2 Å². The lowest BCUT2D eigenvalue weighted by molar-refractivity contribution is 0.174. The first-order valence-corrected chi connectivity index (χ1v) is 11.1. The zero-order valence-corrected chi connectivity index (χ0v) is 18.1. The van der Waals surface area contributed by atoms with E-state index in [0.717, 1.165) is 11.1 Å². The van der Waals surface area contributed by atoms with E-state index in [2.05, 4.69) is 9.71 Å². The summed E-state index contributed by atoms with van der Waals surface area (Å²) in [6, 6.07) is 14.8. The highest BCUT2D eigenvalue weighted by molar-refractivity contribution is 7.92. The molecule has 0 saturated heterocycles. The van der Waals surface area contributed by atoms with Crippen LogP contribution in [-0.2, 0) is 10.0 Å². The predicted molar refractivity (Wildman–Crippen MR) is 118 cm³/mol. The average Bonchev–Trinajstić information content (AvgIpc) is 3.17. The van der Waals surface area contributed by atoms with Crippen LogP contribution in [0.3, 0.4) is 0 Å². The van der Waals surface area contributed by atoms with Gasteiger partial charge in [0.1, 0.15) is 0 Å². The van der Waals surface area contributed by atoms with Crippen LogP contribution in [0.15, 0.2) is 64.5 Å². The second-order valence-electron chi connectivity index (χ2n) is 6.57. The van der Waals surface area contributed by atoms with Crippen molar-refractivity contribution in [3.8, 4) is 11.5 Å². The van der Waals surface area contributed by atoms with Gasteiger partial charge in [0.25, 0.3) is 10.0 Å². The summed E-state index contributed by atoms with van der Waals surface area (Å²) in [5.41, 5.74) is 2.27. The lowest BCUT2D eigenvalue weighted by Crippen LogP contribution is -2.13. The van der Waals surface area contributed by atoms with Crippen molar-refractivity contribution in [3.05, 3.63) is 75.8 Å². The third kappa shape index (κ3) is 4.38. The van der Waals surface area contributed by atoms with Gasteiger partial charge in [0.15, 0.2) is 11.5 Å². The highest BCUT2D eigenvalue weighted by atomic mass is 35.5. The van der Waals surface area contributed by atoms with E-state index in [1.165, 1.54) is 24.3 Å². The van der Waals surface area contributed by atoms with Crippen molar-refractivity contribution < 1.29 is 17.9 Å². The van der Waals surface area contributed by atoms with Gasteiger partial charge in [-0.3, -0.25) is 9.71 Å². The van der Waals surface area contributed by atoms with E-state index < -0.39 is 10.0 Å². The van der Waals surface area contributed by atoms with Crippen molar-refractivity contribution in [2.24, 2.45) is 4.99 Å². The summed E-state index contributed by atoms with van der Waals surface area (Å²) >= 11 is 12.5. The standard InChI is InChI=1S/C21H16Cl2N2O4S/c1-13-2-5-15(6-3-13)30(26,27)25-19-10-18(16(22)9-17(19)23)24-11-14-4-7-20-21(8-14)29-12-28-20/h2-11,25H,12H2,1H3. The Hall–Kier alpha value is -2.74. The smallest absolute Gasteiger partial charge is 0.261 e. The van der Waals surface area contributed by atoms with Gasteiger partial charge in [0.2, 0.25) is 6.79 Å². The third-order valence-electron chi connectivity index (χ3n) is 4.36. The molecule has 0 saturated carbocycles. The monoisotopic (exact) mass is 462 g/mol. The molecule has 3 aromatic carbocycles. The van der Waals surface area contributed by atoms with Gasteiger partial charge in [0.05, 0.1) is 26.3 Å². The van der Waals surface area contributed by atoms with Crippen LogP contribution in [0.25, 0.3) is 0 Å². The number of benzene rings is 3. The number of anilines is 1. The molecule has 0 spiro atoms. The number of sulfonamides is 1. The Labute approximate surface area is 184 Å². The third-order valence-corrected chi connectivity index (χ3v) is 6.36. The molecule has 0 fully saturated rings. The molecule has 6 nitrogen and oxygen atoms in total. The van der Waals surface area contributed by atoms with Gasteiger partial charge in [-0.25, -0.2) is 8.42 Å². The fourth-order valence-electron chi connectivity index (χ4n) is 2.77. The van der Waals surface area contributed by atoms with Crippen LogP contribution in [0.1, 0.15) is 11.1 Å². The Kier molecular flexibility index (Phi) is 5.60. The van der Waals surface area contributed by atoms with E-state index in [1.54, 1.807) is 30.5 Å². The number of hydrogen-bond donors (Lipinski definition) is 1. The number of fused-ring (bicyclic) bond motifs is 1. The van der Waals surface area contributed by atoms with Gasteiger partial charge in [-0.15, -0.1) is 0 Å². The first-order valence-electron chi connectivity index (χ1n) is 8.84. The van der Waals surface area contributed by atoms with Gasteiger partial charge < -0.3 is 9.47 Å². The zero-order chi connectivity index (χ0) is 21.3. The molecule has 4 rings (SSSR count). The second kappa shape index (κ2) is 8.18. The zero-order valence-electron chi connectivity index (χ0n) is 15.7. The minimum Gasteiger partial charge on any atom is -0.454 e. The SMILES string of the molecule is Cc1ccc(S(=O)(=O)Nc2cc(N=Cc3ccc4c(c3)OCO4)c(Cl)cc2Cl)cc1. The Balaban J connectivity index is 1.61. The molecular formula is C21H16Cl2N2O4S. The molecule has 0 unspecified atom stereocenters. The fraction of sp³-hybridized carbons (Fsp3) is 0.0952. The largest absolute Gasteiger partial charge is 0.454 e. The molecule has 0 bridgehead atoms. The van der Waals surface area contributed by atoms with Crippen LogP contribution in [-0.4, -0.2) is 21.4 Å². The molecule has 0 radical (unpaired) electrons. The minimum absolute atomic E-state index is 0.129. The van der Waals surface area contributed by atoms with Gasteiger partial charge >= 0.3 is 0 Å². The Morgan fingerprint density at radius 1 is 0.967 bits per heavy atom. The van der Waals surface area contributed by atoms with Crippen LogP contribution in [0.4, 0.5) is 11.4 Å². The molecule has 1 aliphatic rings. The number of nitrogens with one attached hydrogen (secondary N) is 1. The second-order valence-corrected chi connectivity index (χ2v) is 9.07. The van der Waals surface area contributed by atoms with Crippen LogP contribution in [0.5, 0.6) is 11.5 Å². The Morgan fingerprint density at radius 3 is 2.47 bits per heavy atom. The van der Waals surface area contributed by atoms with Crippen molar-refractivity contribution in [2.45, 2.75) is 11.8 Å². The summed E-state index contributed by atoms with van der Waals surface area (Å²) in [6.07, 6.45) is 1.59. The van der Waals surface area contributed by atoms with Gasteiger partial charge in [-0.2, -0.15) is 0 Å². The van der Waals surface area contributed by atoms with E-state index in [1.807, 2.05) is 13.0 Å². The van der Waals surface area contributed by atoms with E-state index in [9.17, 15) is 8.42 Å². The number of aliphatic imine (C=N–C) groups is 1. The topological polar surface area (TPSA) is 77.0 Å². The maximum Gasteiger partial charge on any atom is 0.261 e. The molecular weight excluding hydrogens is 447 g/mol. The molecule has 154 valence electrons. The molecule has 1 N–H and O–H groups in total. The summed E-state index contributed by atoms with van der Waals surface area (Å²) in [6.45, 7) is 2.06. The first-order chi connectivity index (χ1) is 14.3. The van der Waals surface area contributed by atoms with Crippen molar-refractivity contribution in [1.82, 2.24) is 0 Å². The Morgan fingerprint density at radius 2 is 1.70 bits per heavy atom. The lowest BCUT2D eigenvalue weighted by Gasteiger charge is -2.11. The van der Waals surface area contributed by atoms with Crippen molar-refractivity contribution in [2.75, 3.05) is 11.5 Å². The summed E-state index contributed by atoms with van der Waals surface area (Å²) in [5.74, 6) is 1.30. The van der Waals surface area contributed by atoms with E-state index in [4.69, 9.17) is 32.7 Å². The maximum atomic E-state index is 12.7. The molecule has 1 heterocycles. The molecule has 0 atom stereocenters. The summed E-state index contributed by atoms with van der Waals surface area (Å²) in [7, 11) is -3.82. The van der Waals surface area contributed by atoms with Gasteiger partial charge in [0, 0.05) is 6.21 Å². The number of aryl methyl sites for hydroxylation is 1. The van der Waals surface area contributed by atoms with Gasteiger partial charge in [-0.05, 0) is 55.0 Å². The van der Waals surface area contributed by atoms with Gasteiger partial charge in [-0.1, -0.05) is 40.9 Å². The summed E-state index contributed by atoms with van der Waals surface area (Å²) < 4.78 is 38.5. The van der Waals surface area contributed by atoms with E-state index >= 15 is 0 Å². The molecule has 3 aromatic rings. The van der Waals surface area contributed by atoms with Crippen LogP contribution in [0.2, 0.25) is 10.0 Å². The predicted octanol–water partition coefficient (Wildman–Crippen LogP) is 5.58. The molecule has 0 aromatic heterocycles. The average molecular weight is 463 g/mol. The fourth-order valence-corrected chi connectivity index (χ4v) is 4.38. The number of halogens is 2. The normalized spacial score (nSPS) is 13.0. The van der Waals surface area contributed by atoms with Crippen LogP contribution >= 0.6 is 23.2 Å². The van der Waals surface area contributed by atoms with Crippen LogP contribution in [0, 0.1) is 6.92 Å². The molecule has 0 amide bonds. The lowest BCUT2D eigenvalue weighted by atomic mass is 10.2. The van der Waals surface area contributed by atoms with Crippen molar-refractivity contribution in [3.63, 3.8) is 0 Å². The number of hydrogen-bond acceptors (Lipinski definition) is 5. The molecule has 9 heteroatoms. The summed E-state index contributed by atoms with van der Waals surface area (Å²) in [5, 5.41) is 0.452. The number of nitrogens with zero attached hydrogens (tertiary/aromatic N) is 1. The van der Waals surface area contributed by atoms with Crippen molar-refractivity contribution in [1.29, 1.82) is 0 Å². The van der Waals surface area contributed by atoms with Crippen molar-refractivity contribution >= 4 is 50.8 Å². The molecule has 0 aliphatic carbocycles. The highest BCUT2D eigenvalue weighted by Gasteiger charge is 2.17. The molecule has 30 heavy (non-hydrogen) atoms. The first kappa shape index (κ1) is 20.5. The quantitative estimate of drug-likeness (QED) is 0.501. The molecule has 1 aliphatic heterocycles. The summed E-state index contributed by atoms with van der Waals surface area (Å²) in [4.78, 5) is 4.50. The minimum atomic E-state index is -3.82. The number of ether oxygens (including phenoxy) is 2. The van der Waals surface area contributed by atoms with E-state index in [0.29, 0.717) is 17.2 Å². The highest BCUT2D eigenvalue weighted by Crippen LogP contribution is 2.36. The number of rotatable bonds is 5. The van der Waals surface area contributed by atoms with E-state index in [-0.39, 0.29) is 27.4 Å². The maximum absolute atomic E-state index is 12.7.